The maximum Gasteiger partial charge on any atom is 0.198 e. The van der Waals surface area contributed by atoms with Crippen LogP contribution in [0, 0.1) is 0 Å². The Morgan fingerprint density at radius 2 is 1.95 bits per heavy atom. The summed E-state index contributed by atoms with van der Waals surface area (Å²) in [4.78, 5) is 8.89. The number of thiocarbonyl (C=S) groups is 1. The van der Waals surface area contributed by atoms with Gasteiger partial charge in [-0.05, 0) is 17.8 Å². The van der Waals surface area contributed by atoms with Crippen molar-refractivity contribution in [1.82, 2.24) is 9.80 Å². The quantitative estimate of drug-likeness (QED) is 0.743. The lowest BCUT2D eigenvalue weighted by atomic mass is 10.2. The Balaban J connectivity index is 1.83. The minimum absolute atomic E-state index is 0.194. The molecule has 2 aliphatic rings. The Bertz CT molecular complexity index is 514. The Kier molecular flexibility index (Phi) is 4.24. The fourth-order valence-corrected chi connectivity index (χ4v) is 3.81. The van der Waals surface area contributed by atoms with Gasteiger partial charge in [0.05, 0.1) is 13.2 Å². The number of thioether (sulfide) groups is 1. The van der Waals surface area contributed by atoms with Gasteiger partial charge in [0, 0.05) is 20.1 Å². The third-order valence-electron chi connectivity index (χ3n) is 3.43. The van der Waals surface area contributed by atoms with Crippen LogP contribution in [0.4, 0.5) is 0 Å². The molecule has 0 saturated carbocycles. The third-order valence-corrected chi connectivity index (χ3v) is 5.18. The summed E-state index contributed by atoms with van der Waals surface area (Å²) in [6.07, 6.45) is 0. The molecule has 0 N–H and O–H groups in total. The van der Waals surface area contributed by atoms with Gasteiger partial charge in [0.1, 0.15) is 5.37 Å². The van der Waals surface area contributed by atoms with Crippen molar-refractivity contribution in [2.24, 2.45) is 4.99 Å². The molecule has 1 unspecified atom stereocenters. The molecule has 0 bridgehead atoms. The molecule has 0 aliphatic carbocycles. The predicted molar refractivity (Wildman–Crippen MR) is 87.0 cm³/mol. The number of rotatable bonds is 1. The summed E-state index contributed by atoms with van der Waals surface area (Å²) in [6.45, 7) is 3.30. The molecular formula is C14H17N3OS2. The van der Waals surface area contributed by atoms with E-state index in [4.69, 9.17) is 17.0 Å². The summed E-state index contributed by atoms with van der Waals surface area (Å²) in [6, 6.07) is 10.4. The molecule has 0 radical (unpaired) electrons. The highest BCUT2D eigenvalue weighted by Gasteiger charge is 2.30. The number of morpholine rings is 1. The maximum absolute atomic E-state index is 5.42. The smallest absolute Gasteiger partial charge is 0.198 e. The fraction of sp³-hybridized carbons (Fsp3) is 0.429. The van der Waals surface area contributed by atoms with Crippen molar-refractivity contribution in [3.63, 3.8) is 0 Å². The van der Waals surface area contributed by atoms with Gasteiger partial charge < -0.3 is 14.5 Å². The molecule has 0 spiro atoms. The molecule has 1 saturated heterocycles. The Hall–Kier alpha value is -1.11. The normalized spacial score (nSPS) is 23.8. The summed E-state index contributed by atoms with van der Waals surface area (Å²) >= 11 is 7.18. The van der Waals surface area contributed by atoms with Crippen LogP contribution in [0.1, 0.15) is 10.9 Å². The van der Waals surface area contributed by atoms with E-state index in [1.807, 2.05) is 13.1 Å². The van der Waals surface area contributed by atoms with E-state index >= 15 is 0 Å². The summed E-state index contributed by atoms with van der Waals surface area (Å²) in [5.41, 5.74) is 1.25. The molecule has 1 atom stereocenters. The summed E-state index contributed by atoms with van der Waals surface area (Å²) < 4.78 is 5.40. The number of ether oxygens (including phenoxy) is 1. The van der Waals surface area contributed by atoms with Crippen LogP contribution in [-0.4, -0.2) is 53.4 Å². The predicted octanol–water partition coefficient (Wildman–Crippen LogP) is 2.34. The van der Waals surface area contributed by atoms with Gasteiger partial charge in [-0.15, -0.1) is 0 Å². The lowest BCUT2D eigenvalue weighted by Gasteiger charge is -2.37. The van der Waals surface area contributed by atoms with Gasteiger partial charge in [-0.3, -0.25) is 0 Å². The van der Waals surface area contributed by atoms with E-state index in [2.05, 4.69) is 39.1 Å². The van der Waals surface area contributed by atoms with Gasteiger partial charge in [0.15, 0.2) is 10.3 Å². The van der Waals surface area contributed by atoms with E-state index in [9.17, 15) is 0 Å². The van der Waals surface area contributed by atoms with Crippen molar-refractivity contribution >= 4 is 34.3 Å². The van der Waals surface area contributed by atoms with E-state index in [0.717, 1.165) is 31.5 Å². The first-order valence-corrected chi connectivity index (χ1v) is 7.94. The summed E-state index contributed by atoms with van der Waals surface area (Å²) in [7, 11) is 2.01. The molecule has 106 valence electrons. The molecule has 6 heteroatoms. The van der Waals surface area contributed by atoms with Crippen LogP contribution in [0.15, 0.2) is 35.3 Å². The number of aliphatic imine (C=N–C) groups is 1. The lowest BCUT2D eigenvalue weighted by molar-refractivity contribution is 0.0693. The molecule has 20 heavy (non-hydrogen) atoms. The van der Waals surface area contributed by atoms with E-state index < -0.39 is 0 Å². The van der Waals surface area contributed by atoms with Crippen LogP contribution in [0.5, 0.6) is 0 Å². The highest BCUT2D eigenvalue weighted by molar-refractivity contribution is 8.14. The number of nitrogens with zero attached hydrogens (tertiary/aromatic N) is 3. The lowest BCUT2D eigenvalue weighted by Crippen LogP contribution is -2.43. The zero-order valence-electron chi connectivity index (χ0n) is 11.4. The summed E-state index contributed by atoms with van der Waals surface area (Å²) in [5, 5.41) is 1.86. The van der Waals surface area contributed by atoms with Crippen LogP contribution < -0.4 is 0 Å². The van der Waals surface area contributed by atoms with Crippen LogP contribution in [-0.2, 0) is 4.74 Å². The number of hydrogen-bond acceptors (Lipinski definition) is 4. The molecule has 1 aromatic carbocycles. The SMILES string of the molecule is CN1C(=S)N=C(N2CCOCC2)SC1c1ccccc1. The topological polar surface area (TPSA) is 28.1 Å². The second-order valence-electron chi connectivity index (χ2n) is 4.77. The molecule has 2 heterocycles. The van der Waals surface area contributed by atoms with Crippen molar-refractivity contribution in [2.45, 2.75) is 5.37 Å². The Morgan fingerprint density at radius 3 is 2.65 bits per heavy atom. The summed E-state index contributed by atoms with van der Waals surface area (Å²) in [5.74, 6) is 0. The fourth-order valence-electron chi connectivity index (χ4n) is 2.28. The zero-order chi connectivity index (χ0) is 13.9. The van der Waals surface area contributed by atoms with Crippen molar-refractivity contribution in [3.8, 4) is 0 Å². The number of amidine groups is 1. The maximum atomic E-state index is 5.42. The van der Waals surface area contributed by atoms with Gasteiger partial charge in [0.2, 0.25) is 0 Å². The molecule has 1 aromatic rings. The minimum atomic E-state index is 0.194. The molecular weight excluding hydrogens is 290 g/mol. The van der Waals surface area contributed by atoms with Crippen LogP contribution in [0.25, 0.3) is 0 Å². The van der Waals surface area contributed by atoms with Crippen LogP contribution >= 0.6 is 24.0 Å². The molecule has 4 nitrogen and oxygen atoms in total. The number of hydrogen-bond donors (Lipinski definition) is 0. The van der Waals surface area contributed by atoms with Crippen molar-refractivity contribution < 1.29 is 4.74 Å². The monoisotopic (exact) mass is 307 g/mol. The first-order chi connectivity index (χ1) is 9.75. The highest BCUT2D eigenvalue weighted by atomic mass is 32.2. The van der Waals surface area contributed by atoms with E-state index in [-0.39, 0.29) is 5.37 Å². The van der Waals surface area contributed by atoms with E-state index in [1.165, 1.54) is 5.56 Å². The van der Waals surface area contributed by atoms with Gasteiger partial charge in [-0.2, -0.15) is 4.99 Å². The van der Waals surface area contributed by atoms with Crippen molar-refractivity contribution in [2.75, 3.05) is 33.4 Å². The van der Waals surface area contributed by atoms with E-state index in [0.29, 0.717) is 5.11 Å². The average Bonchev–Trinajstić information content (AvgIpc) is 2.51. The molecule has 0 aromatic heterocycles. The second-order valence-corrected chi connectivity index (χ2v) is 6.18. The van der Waals surface area contributed by atoms with Gasteiger partial charge in [-0.25, -0.2) is 0 Å². The largest absolute Gasteiger partial charge is 0.378 e. The first-order valence-electron chi connectivity index (χ1n) is 6.65. The standard InChI is InChI=1S/C14H17N3OS2/c1-16-12(11-5-3-2-4-6-11)20-14(15-13(16)19)17-7-9-18-10-8-17/h2-6,12H,7-10H2,1H3. The first kappa shape index (κ1) is 13.9. The van der Waals surface area contributed by atoms with Crippen LogP contribution in [0.2, 0.25) is 0 Å². The second kappa shape index (κ2) is 6.11. The molecule has 2 aliphatic heterocycles. The molecule has 0 amide bonds. The Labute approximate surface area is 128 Å². The van der Waals surface area contributed by atoms with Crippen LogP contribution in [0.3, 0.4) is 0 Å². The van der Waals surface area contributed by atoms with Crippen molar-refractivity contribution in [1.29, 1.82) is 0 Å². The molecule has 3 rings (SSSR count). The number of benzene rings is 1. The van der Waals surface area contributed by atoms with E-state index in [1.54, 1.807) is 11.8 Å². The Morgan fingerprint density at radius 1 is 1.25 bits per heavy atom. The van der Waals surface area contributed by atoms with Gasteiger partial charge in [-0.1, -0.05) is 42.1 Å². The minimum Gasteiger partial charge on any atom is -0.378 e. The average molecular weight is 307 g/mol. The molecule has 1 fully saturated rings. The zero-order valence-corrected chi connectivity index (χ0v) is 13.0. The third kappa shape index (κ3) is 2.82. The van der Waals surface area contributed by atoms with Gasteiger partial charge >= 0.3 is 0 Å². The highest BCUT2D eigenvalue weighted by Crippen LogP contribution is 2.37. The van der Waals surface area contributed by atoms with Crippen molar-refractivity contribution in [3.05, 3.63) is 35.9 Å². The van der Waals surface area contributed by atoms with Gasteiger partial charge in [0.25, 0.3) is 0 Å².